The normalized spacial score (nSPS) is 33.9. The minimum atomic E-state index is -1.78. The zero-order valence-electron chi connectivity index (χ0n) is 25.2. The van der Waals surface area contributed by atoms with Crippen LogP contribution >= 0.6 is 0 Å². The molecule has 7 unspecified atom stereocenters. The summed E-state index contributed by atoms with van der Waals surface area (Å²) >= 11 is 0. The SMILES string of the molecule is CCCCOCC(C)(OCCCC)OCc1cn(CC2O[C@H](O[C@H]3OC(CN=[N+]=[N-])[C@@H](O)C(O)C3O)C(O)C(O)[C@@H]2O)nn1. The van der Waals surface area contributed by atoms with Gasteiger partial charge in [0.2, 0.25) is 0 Å². The second kappa shape index (κ2) is 17.6. The molecule has 2 saturated heterocycles. The maximum Gasteiger partial charge on any atom is 0.189 e. The number of aromatic nitrogens is 3. The standard InChI is InChI=1S/C26H46N6O12/c1-4-6-8-39-14-26(3,40-9-7-5-2)41-13-15-11-32(31-29-15)12-17-19(34)21(36)23(38)25(43-17)44-24-22(37)20(35)18(33)16(42-24)10-28-30-27/h11,16-25,33-38H,4-10,12-14H2,1-3H3/t16?,17?,18-,19-,20?,21?,22?,23?,24-,25-,26?/m1/s1. The topological polar surface area (TPSA) is 256 Å². The van der Waals surface area contributed by atoms with Crippen molar-refractivity contribution in [2.75, 3.05) is 26.4 Å². The highest BCUT2D eigenvalue weighted by Crippen LogP contribution is 2.29. The molecule has 18 heteroatoms. The van der Waals surface area contributed by atoms with Crippen LogP contribution in [0.3, 0.4) is 0 Å². The van der Waals surface area contributed by atoms with Gasteiger partial charge < -0.3 is 59.1 Å². The van der Waals surface area contributed by atoms with Crippen LogP contribution in [-0.4, -0.2) is 139 Å². The Kier molecular flexibility index (Phi) is 14.6. The lowest BCUT2D eigenvalue weighted by Crippen LogP contribution is -2.63. The third-order valence-electron chi connectivity index (χ3n) is 7.32. The van der Waals surface area contributed by atoms with Crippen molar-refractivity contribution in [2.45, 2.75) is 127 Å². The molecule has 1 aromatic rings. The van der Waals surface area contributed by atoms with Gasteiger partial charge in [-0.1, -0.05) is 37.0 Å². The van der Waals surface area contributed by atoms with Gasteiger partial charge in [-0.25, -0.2) is 4.68 Å². The lowest BCUT2D eigenvalue weighted by Gasteiger charge is -2.44. The van der Waals surface area contributed by atoms with E-state index in [9.17, 15) is 30.6 Å². The van der Waals surface area contributed by atoms with Crippen molar-refractivity contribution in [3.8, 4) is 0 Å². The molecule has 3 heterocycles. The molecule has 2 aliphatic rings. The third-order valence-corrected chi connectivity index (χ3v) is 7.32. The summed E-state index contributed by atoms with van der Waals surface area (Å²) < 4.78 is 35.7. The number of aliphatic hydroxyl groups is 6. The van der Waals surface area contributed by atoms with Gasteiger partial charge in [-0.3, -0.25) is 0 Å². The predicted octanol–water partition coefficient (Wildman–Crippen LogP) is -0.914. The Morgan fingerprint density at radius 1 is 0.909 bits per heavy atom. The Bertz CT molecular complexity index is 1030. The molecule has 0 amide bonds. The van der Waals surface area contributed by atoms with E-state index >= 15 is 0 Å². The van der Waals surface area contributed by atoms with Crippen LogP contribution in [0.25, 0.3) is 10.4 Å². The van der Waals surface area contributed by atoms with E-state index in [-0.39, 0.29) is 26.3 Å². The number of aliphatic hydroxyl groups excluding tert-OH is 6. The van der Waals surface area contributed by atoms with Crippen LogP contribution in [0.5, 0.6) is 0 Å². The van der Waals surface area contributed by atoms with Crippen molar-refractivity contribution in [2.24, 2.45) is 5.11 Å². The lowest BCUT2D eigenvalue weighted by atomic mass is 9.97. The van der Waals surface area contributed by atoms with Crippen LogP contribution in [0.15, 0.2) is 11.3 Å². The predicted molar refractivity (Wildman–Crippen MR) is 148 cm³/mol. The summed E-state index contributed by atoms with van der Waals surface area (Å²) in [5.41, 5.74) is 9.01. The molecule has 0 aromatic carbocycles. The minimum Gasteiger partial charge on any atom is -0.388 e. The van der Waals surface area contributed by atoms with Crippen molar-refractivity contribution >= 4 is 0 Å². The molecule has 3 rings (SSSR count). The summed E-state index contributed by atoms with van der Waals surface area (Å²) in [6.07, 6.45) is -10.6. The first-order chi connectivity index (χ1) is 21.0. The fourth-order valence-electron chi connectivity index (χ4n) is 4.58. The van der Waals surface area contributed by atoms with Gasteiger partial charge in [0, 0.05) is 11.5 Å². The minimum absolute atomic E-state index is 0.0447. The number of rotatable bonds is 18. The van der Waals surface area contributed by atoms with E-state index in [4.69, 9.17) is 34.0 Å². The number of hydrogen-bond donors (Lipinski definition) is 6. The first-order valence-corrected chi connectivity index (χ1v) is 14.8. The smallest absolute Gasteiger partial charge is 0.189 e. The number of hydrogen-bond acceptors (Lipinski definition) is 15. The molecule has 252 valence electrons. The molecule has 0 aliphatic carbocycles. The highest BCUT2D eigenvalue weighted by Gasteiger charge is 2.49. The van der Waals surface area contributed by atoms with Crippen LogP contribution in [0, 0.1) is 0 Å². The molecule has 0 radical (unpaired) electrons. The second-order valence-corrected chi connectivity index (χ2v) is 11.0. The van der Waals surface area contributed by atoms with E-state index in [1.807, 2.05) is 0 Å². The lowest BCUT2D eigenvalue weighted by molar-refractivity contribution is -0.373. The van der Waals surface area contributed by atoms with E-state index in [2.05, 4.69) is 34.2 Å². The average Bonchev–Trinajstić information content (AvgIpc) is 3.46. The molecule has 44 heavy (non-hydrogen) atoms. The second-order valence-electron chi connectivity index (χ2n) is 11.0. The van der Waals surface area contributed by atoms with Crippen LogP contribution in [0.1, 0.15) is 52.1 Å². The Balaban J connectivity index is 1.62. The molecular weight excluding hydrogens is 588 g/mol. The quantitative estimate of drug-likeness (QED) is 0.0376. The van der Waals surface area contributed by atoms with Crippen LogP contribution in [0.2, 0.25) is 0 Å². The molecule has 1 aromatic heterocycles. The number of azide groups is 1. The molecule has 0 saturated carbocycles. The van der Waals surface area contributed by atoms with Crippen molar-refractivity contribution in [3.05, 3.63) is 22.3 Å². The van der Waals surface area contributed by atoms with Gasteiger partial charge >= 0.3 is 0 Å². The summed E-state index contributed by atoms with van der Waals surface area (Å²) in [6.45, 7) is 6.79. The molecule has 2 aliphatic heterocycles. The third kappa shape index (κ3) is 9.98. The maximum atomic E-state index is 10.6. The van der Waals surface area contributed by atoms with Crippen LogP contribution < -0.4 is 0 Å². The summed E-state index contributed by atoms with van der Waals surface area (Å²) in [6, 6.07) is 0. The Labute approximate surface area is 255 Å². The summed E-state index contributed by atoms with van der Waals surface area (Å²) in [4.78, 5) is 2.58. The van der Waals surface area contributed by atoms with Gasteiger partial charge in [-0.05, 0) is 25.3 Å². The van der Waals surface area contributed by atoms with E-state index in [1.165, 1.54) is 4.68 Å². The summed E-state index contributed by atoms with van der Waals surface area (Å²) in [5.74, 6) is -1.00. The monoisotopic (exact) mass is 634 g/mol. The summed E-state index contributed by atoms with van der Waals surface area (Å²) in [5, 5.41) is 73.7. The highest BCUT2D eigenvalue weighted by molar-refractivity contribution is 4.95. The van der Waals surface area contributed by atoms with Gasteiger partial charge in [-0.2, -0.15) is 0 Å². The molecule has 18 nitrogen and oxygen atoms in total. The first kappa shape index (κ1) is 36.4. The fourth-order valence-corrected chi connectivity index (χ4v) is 4.58. The Hall–Kier alpha value is -2.03. The molecular formula is C26H46N6O12. The van der Waals surface area contributed by atoms with E-state index < -0.39 is 67.2 Å². The van der Waals surface area contributed by atoms with Gasteiger partial charge in [0.15, 0.2) is 18.4 Å². The molecule has 0 bridgehead atoms. The summed E-state index contributed by atoms with van der Waals surface area (Å²) in [7, 11) is 0. The van der Waals surface area contributed by atoms with Crippen molar-refractivity contribution < 1.29 is 59.1 Å². The number of nitrogens with zero attached hydrogens (tertiary/aromatic N) is 6. The highest BCUT2D eigenvalue weighted by atomic mass is 16.8. The van der Waals surface area contributed by atoms with Gasteiger partial charge in [0.25, 0.3) is 0 Å². The van der Waals surface area contributed by atoms with E-state index in [0.29, 0.717) is 18.9 Å². The van der Waals surface area contributed by atoms with E-state index in [1.54, 1.807) is 13.1 Å². The van der Waals surface area contributed by atoms with Crippen molar-refractivity contribution in [1.82, 2.24) is 15.0 Å². The maximum absolute atomic E-state index is 10.6. The van der Waals surface area contributed by atoms with Crippen molar-refractivity contribution in [3.63, 3.8) is 0 Å². The van der Waals surface area contributed by atoms with Crippen LogP contribution in [-0.2, 0) is 41.6 Å². The van der Waals surface area contributed by atoms with Gasteiger partial charge in [0.05, 0.1) is 38.6 Å². The largest absolute Gasteiger partial charge is 0.388 e. The number of ether oxygens (including phenoxy) is 6. The van der Waals surface area contributed by atoms with E-state index in [0.717, 1.165) is 25.7 Å². The average molecular weight is 635 g/mol. The van der Waals surface area contributed by atoms with Gasteiger partial charge in [0.1, 0.15) is 55.0 Å². The molecule has 0 spiro atoms. The molecule has 2 fully saturated rings. The van der Waals surface area contributed by atoms with Gasteiger partial charge in [-0.15, -0.1) is 5.10 Å². The molecule has 6 N–H and O–H groups in total. The molecule has 11 atom stereocenters. The first-order valence-electron chi connectivity index (χ1n) is 14.8. The zero-order valence-corrected chi connectivity index (χ0v) is 25.2. The Morgan fingerprint density at radius 2 is 1.52 bits per heavy atom. The zero-order chi connectivity index (χ0) is 32.3. The Morgan fingerprint density at radius 3 is 2.16 bits per heavy atom. The van der Waals surface area contributed by atoms with Crippen LogP contribution in [0.4, 0.5) is 0 Å². The number of unbranched alkanes of at least 4 members (excludes halogenated alkanes) is 2. The fraction of sp³-hybridized carbons (Fsp3) is 0.923. The van der Waals surface area contributed by atoms with Crippen molar-refractivity contribution in [1.29, 1.82) is 0 Å².